The zero-order chi connectivity index (χ0) is 15.9. The van der Waals surface area contributed by atoms with Crippen molar-refractivity contribution in [1.29, 1.82) is 0 Å². The van der Waals surface area contributed by atoms with Crippen LogP contribution in [-0.2, 0) is 11.2 Å². The Morgan fingerprint density at radius 2 is 2.10 bits per heavy atom. The van der Waals surface area contributed by atoms with Crippen molar-refractivity contribution in [2.24, 2.45) is 5.73 Å². The summed E-state index contributed by atoms with van der Waals surface area (Å²) in [5.74, 6) is 0.760. The van der Waals surface area contributed by atoms with Crippen LogP contribution in [0, 0.1) is 0 Å². The number of hydrogen-bond donors (Lipinski definition) is 2. The minimum atomic E-state index is -0.256. The topological polar surface area (TPSA) is 67.6 Å². The number of carbonyl (C=O) groups is 1. The van der Waals surface area contributed by atoms with Gasteiger partial charge in [-0.1, -0.05) is 12.1 Å². The number of ether oxygens (including phenoxy) is 1. The molecule has 5 nitrogen and oxygen atoms in total. The number of benzene rings is 1. The van der Waals surface area contributed by atoms with Crippen LogP contribution < -0.4 is 15.8 Å². The Kier molecular flexibility index (Phi) is 6.65. The number of rotatable bonds is 8. The first kappa shape index (κ1) is 17.5. The van der Waals surface area contributed by atoms with Crippen LogP contribution in [0.5, 0.6) is 5.75 Å². The smallest absolute Gasteiger partial charge is 0.224 e. The molecule has 0 saturated carbocycles. The summed E-state index contributed by atoms with van der Waals surface area (Å²) >= 11 is 0. The first-order chi connectivity index (χ1) is 9.82. The lowest BCUT2D eigenvalue weighted by Crippen LogP contribution is -2.50. The molecule has 0 spiro atoms. The van der Waals surface area contributed by atoms with Gasteiger partial charge in [0.15, 0.2) is 0 Å². The Bertz CT molecular complexity index is 459. The van der Waals surface area contributed by atoms with Crippen LogP contribution in [0.3, 0.4) is 0 Å². The lowest BCUT2D eigenvalue weighted by Gasteiger charge is -2.29. The molecule has 0 aromatic heterocycles. The third-order valence-corrected chi connectivity index (χ3v) is 2.84. The normalized spacial score (nSPS) is 11.5. The van der Waals surface area contributed by atoms with Crippen LogP contribution in [-0.4, -0.2) is 50.1 Å². The highest BCUT2D eigenvalue weighted by Gasteiger charge is 2.21. The summed E-state index contributed by atoms with van der Waals surface area (Å²) in [5.41, 5.74) is 6.09. The van der Waals surface area contributed by atoms with Crippen LogP contribution in [0.1, 0.15) is 19.4 Å². The fourth-order valence-electron chi connectivity index (χ4n) is 2.36. The molecule has 0 fully saturated rings. The summed E-state index contributed by atoms with van der Waals surface area (Å²) in [6, 6.07) is 7.56. The van der Waals surface area contributed by atoms with E-state index < -0.39 is 0 Å². The second-order valence-electron chi connectivity index (χ2n) is 6.13. The number of nitrogens with two attached hydrogens (primary N) is 1. The van der Waals surface area contributed by atoms with Crippen LogP contribution in [0.4, 0.5) is 0 Å². The molecule has 3 N–H and O–H groups in total. The molecule has 1 aromatic rings. The molecule has 1 aromatic carbocycles. The zero-order valence-corrected chi connectivity index (χ0v) is 13.5. The molecular weight excluding hydrogens is 266 g/mol. The highest BCUT2D eigenvalue weighted by molar-refractivity contribution is 5.79. The molecule has 0 bridgehead atoms. The highest BCUT2D eigenvalue weighted by atomic mass is 16.5. The van der Waals surface area contributed by atoms with E-state index in [0.717, 1.165) is 17.9 Å². The van der Waals surface area contributed by atoms with Crippen molar-refractivity contribution in [3.8, 4) is 5.75 Å². The number of nitrogens with one attached hydrogen (secondary N) is 1. The predicted molar refractivity (Wildman–Crippen MR) is 85.5 cm³/mol. The van der Waals surface area contributed by atoms with Gasteiger partial charge in [-0.15, -0.1) is 0 Å². The zero-order valence-electron chi connectivity index (χ0n) is 13.5. The molecule has 5 heteroatoms. The molecule has 0 aliphatic rings. The fraction of sp³-hybridized carbons (Fsp3) is 0.562. The Morgan fingerprint density at radius 1 is 1.38 bits per heavy atom. The fourth-order valence-corrected chi connectivity index (χ4v) is 2.36. The van der Waals surface area contributed by atoms with Gasteiger partial charge in [-0.25, -0.2) is 0 Å². The van der Waals surface area contributed by atoms with E-state index in [0.29, 0.717) is 19.6 Å². The molecule has 0 saturated heterocycles. The van der Waals surface area contributed by atoms with Gasteiger partial charge in [0.25, 0.3) is 0 Å². The summed E-state index contributed by atoms with van der Waals surface area (Å²) < 4.78 is 5.47. The van der Waals surface area contributed by atoms with Crippen LogP contribution in [0.2, 0.25) is 0 Å². The van der Waals surface area contributed by atoms with Gasteiger partial charge in [-0.3, -0.25) is 4.79 Å². The van der Waals surface area contributed by atoms with Gasteiger partial charge < -0.3 is 20.7 Å². The van der Waals surface area contributed by atoms with Gasteiger partial charge >= 0.3 is 0 Å². The third-order valence-electron chi connectivity index (χ3n) is 2.84. The number of nitrogens with zero attached hydrogens (tertiary/aromatic N) is 1. The second-order valence-corrected chi connectivity index (χ2v) is 6.13. The minimum absolute atomic E-state index is 0.0119. The van der Waals surface area contributed by atoms with Crippen LogP contribution >= 0.6 is 0 Å². The summed E-state index contributed by atoms with van der Waals surface area (Å²) in [6.45, 7) is 5.78. The maximum absolute atomic E-state index is 12.1. The summed E-state index contributed by atoms with van der Waals surface area (Å²) in [7, 11) is 3.98. The number of hydrogen-bond acceptors (Lipinski definition) is 4. The second kappa shape index (κ2) is 8.00. The average molecular weight is 293 g/mol. The maximum Gasteiger partial charge on any atom is 0.224 e. The molecule has 1 amide bonds. The molecule has 118 valence electrons. The number of likely N-dealkylation sites (N-methyl/N-ethyl adjacent to an activating group) is 1. The van der Waals surface area contributed by atoms with E-state index in [2.05, 4.69) is 10.2 Å². The van der Waals surface area contributed by atoms with Gasteiger partial charge in [0.2, 0.25) is 5.91 Å². The summed E-state index contributed by atoms with van der Waals surface area (Å²) in [4.78, 5) is 14.2. The first-order valence-corrected chi connectivity index (χ1v) is 7.20. The van der Waals surface area contributed by atoms with Gasteiger partial charge in [0, 0.05) is 18.6 Å². The quantitative estimate of drug-likeness (QED) is 0.751. The molecule has 0 aliphatic heterocycles. The molecule has 21 heavy (non-hydrogen) atoms. The van der Waals surface area contributed by atoms with E-state index in [4.69, 9.17) is 10.5 Å². The Balaban J connectivity index is 2.58. The van der Waals surface area contributed by atoms with E-state index in [1.54, 1.807) is 0 Å². The lowest BCUT2D eigenvalue weighted by atomic mass is 10.0. The largest absolute Gasteiger partial charge is 0.492 e. The highest BCUT2D eigenvalue weighted by Crippen LogP contribution is 2.14. The molecular formula is C16H27N3O2. The summed E-state index contributed by atoms with van der Waals surface area (Å²) in [6.07, 6.45) is 0.344. The van der Waals surface area contributed by atoms with Crippen molar-refractivity contribution in [3.05, 3.63) is 29.8 Å². The number of amides is 1. The van der Waals surface area contributed by atoms with Crippen molar-refractivity contribution in [1.82, 2.24) is 10.2 Å². The van der Waals surface area contributed by atoms with Crippen LogP contribution in [0.25, 0.3) is 0 Å². The molecule has 0 unspecified atom stereocenters. The SMILES string of the molecule is CN(C)CC(C)(C)NC(=O)Cc1cccc(OCCN)c1. The van der Waals surface area contributed by atoms with Crippen molar-refractivity contribution in [3.63, 3.8) is 0 Å². The monoisotopic (exact) mass is 293 g/mol. The van der Waals surface area contributed by atoms with Crippen molar-refractivity contribution >= 4 is 5.91 Å². The van der Waals surface area contributed by atoms with Crippen LogP contribution in [0.15, 0.2) is 24.3 Å². The third kappa shape index (κ3) is 7.11. The van der Waals surface area contributed by atoms with Gasteiger partial charge in [-0.2, -0.15) is 0 Å². The van der Waals surface area contributed by atoms with Crippen molar-refractivity contribution in [2.75, 3.05) is 33.8 Å². The standard InChI is InChI=1S/C16H27N3O2/c1-16(2,12-19(3)4)18-15(20)11-13-6-5-7-14(10-13)21-9-8-17/h5-7,10H,8-9,11-12,17H2,1-4H3,(H,18,20). The first-order valence-electron chi connectivity index (χ1n) is 7.20. The van der Waals surface area contributed by atoms with Crippen molar-refractivity contribution < 1.29 is 9.53 Å². The van der Waals surface area contributed by atoms with E-state index in [9.17, 15) is 4.79 Å². The number of carbonyl (C=O) groups excluding carboxylic acids is 1. The van der Waals surface area contributed by atoms with E-state index in [1.807, 2.05) is 52.2 Å². The molecule has 0 atom stereocenters. The molecule has 0 heterocycles. The Hall–Kier alpha value is -1.59. The van der Waals surface area contributed by atoms with E-state index in [1.165, 1.54) is 0 Å². The molecule has 1 rings (SSSR count). The van der Waals surface area contributed by atoms with E-state index >= 15 is 0 Å². The van der Waals surface area contributed by atoms with Gasteiger partial charge in [-0.05, 0) is 45.6 Å². The summed E-state index contributed by atoms with van der Waals surface area (Å²) in [5, 5.41) is 3.06. The van der Waals surface area contributed by atoms with Crippen molar-refractivity contribution in [2.45, 2.75) is 25.8 Å². The molecule has 0 aliphatic carbocycles. The Labute approximate surface area is 127 Å². The van der Waals surface area contributed by atoms with Gasteiger partial charge in [0.05, 0.1) is 6.42 Å². The minimum Gasteiger partial charge on any atom is -0.492 e. The lowest BCUT2D eigenvalue weighted by molar-refractivity contribution is -0.122. The predicted octanol–water partition coefficient (Wildman–Crippen LogP) is 1.02. The average Bonchev–Trinajstić information content (AvgIpc) is 2.34. The maximum atomic E-state index is 12.1. The molecule has 0 radical (unpaired) electrons. The van der Waals surface area contributed by atoms with E-state index in [-0.39, 0.29) is 11.4 Å². The van der Waals surface area contributed by atoms with Gasteiger partial charge in [0.1, 0.15) is 12.4 Å². The Morgan fingerprint density at radius 3 is 2.71 bits per heavy atom.